The van der Waals surface area contributed by atoms with Gasteiger partial charge in [-0.25, -0.2) is 4.98 Å². The van der Waals surface area contributed by atoms with E-state index >= 15 is 0 Å². The number of aliphatic hydroxyl groups is 1. The first kappa shape index (κ1) is 11.9. The number of thiazole rings is 1. The lowest BCUT2D eigenvalue weighted by Crippen LogP contribution is -2.02. The molecule has 0 radical (unpaired) electrons. The number of aromatic nitrogens is 1. The van der Waals surface area contributed by atoms with Gasteiger partial charge in [-0.1, -0.05) is 12.1 Å². The van der Waals surface area contributed by atoms with Crippen LogP contribution >= 0.6 is 11.3 Å². The summed E-state index contributed by atoms with van der Waals surface area (Å²) in [6.45, 7) is 2.05. The molecule has 0 unspecified atom stereocenters. The second-order valence-electron chi connectivity index (χ2n) is 4.88. The van der Waals surface area contributed by atoms with Crippen LogP contribution in [0.2, 0.25) is 0 Å². The Bertz CT molecular complexity index is 574. The smallest absolute Gasteiger partial charge is 0.123 e. The SMILES string of the molecule is Cc1nc(-c2ccc3c(c2)CCCC3)sc1CO. The number of rotatable bonds is 2. The standard InChI is InChI=1S/C15H17NOS/c1-10-14(9-17)18-15(16-10)13-7-6-11-4-2-3-5-12(11)8-13/h6-8,17H,2-5,9H2,1H3. The molecule has 2 nitrogen and oxygen atoms in total. The zero-order chi connectivity index (χ0) is 12.5. The second-order valence-corrected chi connectivity index (χ2v) is 5.96. The van der Waals surface area contributed by atoms with Crippen molar-refractivity contribution in [3.8, 4) is 10.6 Å². The minimum absolute atomic E-state index is 0.0917. The van der Waals surface area contributed by atoms with Gasteiger partial charge in [-0.15, -0.1) is 11.3 Å². The van der Waals surface area contributed by atoms with Crippen molar-refractivity contribution in [2.24, 2.45) is 0 Å². The first-order valence-corrected chi connectivity index (χ1v) is 7.29. The number of aryl methyl sites for hydroxylation is 3. The van der Waals surface area contributed by atoms with Crippen molar-refractivity contribution in [2.45, 2.75) is 39.2 Å². The fourth-order valence-corrected chi connectivity index (χ4v) is 3.48. The van der Waals surface area contributed by atoms with E-state index in [9.17, 15) is 5.11 Å². The Balaban J connectivity index is 2.00. The number of nitrogens with zero attached hydrogens (tertiary/aromatic N) is 1. The van der Waals surface area contributed by atoms with Gasteiger partial charge in [0.25, 0.3) is 0 Å². The van der Waals surface area contributed by atoms with E-state index in [-0.39, 0.29) is 6.61 Å². The van der Waals surface area contributed by atoms with Gasteiger partial charge < -0.3 is 5.11 Å². The lowest BCUT2D eigenvalue weighted by atomic mass is 9.90. The Morgan fingerprint density at radius 1 is 1.22 bits per heavy atom. The van der Waals surface area contributed by atoms with Crippen molar-refractivity contribution in [1.29, 1.82) is 0 Å². The van der Waals surface area contributed by atoms with Crippen LogP contribution in [0.1, 0.15) is 34.5 Å². The minimum Gasteiger partial charge on any atom is -0.391 e. The predicted octanol–water partition coefficient (Wildman–Crippen LogP) is 3.49. The van der Waals surface area contributed by atoms with Gasteiger partial charge in [-0.2, -0.15) is 0 Å². The topological polar surface area (TPSA) is 33.1 Å². The number of hydrogen-bond acceptors (Lipinski definition) is 3. The third-order valence-corrected chi connectivity index (χ3v) is 4.82. The zero-order valence-electron chi connectivity index (χ0n) is 10.6. The fourth-order valence-electron chi connectivity index (χ4n) is 2.56. The maximum atomic E-state index is 9.24. The Morgan fingerprint density at radius 2 is 2.00 bits per heavy atom. The van der Waals surface area contributed by atoms with E-state index in [0.29, 0.717) is 0 Å². The summed E-state index contributed by atoms with van der Waals surface area (Å²) >= 11 is 1.60. The monoisotopic (exact) mass is 259 g/mol. The summed E-state index contributed by atoms with van der Waals surface area (Å²) in [5.74, 6) is 0. The number of aliphatic hydroxyl groups excluding tert-OH is 1. The Hall–Kier alpha value is -1.19. The summed E-state index contributed by atoms with van der Waals surface area (Å²) in [4.78, 5) is 5.53. The highest BCUT2D eigenvalue weighted by Gasteiger charge is 2.13. The van der Waals surface area contributed by atoms with E-state index in [1.165, 1.54) is 42.4 Å². The highest BCUT2D eigenvalue weighted by molar-refractivity contribution is 7.15. The van der Waals surface area contributed by atoms with Crippen LogP contribution in [0.25, 0.3) is 10.6 Å². The first-order valence-electron chi connectivity index (χ1n) is 6.47. The van der Waals surface area contributed by atoms with Crippen LogP contribution < -0.4 is 0 Å². The van der Waals surface area contributed by atoms with Gasteiger partial charge in [0.15, 0.2) is 0 Å². The Labute approximate surface area is 111 Å². The van der Waals surface area contributed by atoms with Crippen molar-refractivity contribution in [3.63, 3.8) is 0 Å². The minimum atomic E-state index is 0.0917. The summed E-state index contributed by atoms with van der Waals surface area (Å²) in [6, 6.07) is 6.71. The van der Waals surface area contributed by atoms with Crippen molar-refractivity contribution in [3.05, 3.63) is 39.9 Å². The molecule has 1 N–H and O–H groups in total. The highest BCUT2D eigenvalue weighted by Crippen LogP contribution is 2.31. The third kappa shape index (κ3) is 2.08. The summed E-state index contributed by atoms with van der Waals surface area (Å²) in [6.07, 6.45) is 5.03. The molecule has 1 aliphatic rings. The van der Waals surface area contributed by atoms with E-state index in [1.807, 2.05) is 6.92 Å². The van der Waals surface area contributed by atoms with Gasteiger partial charge in [-0.3, -0.25) is 0 Å². The molecule has 1 aromatic carbocycles. The van der Waals surface area contributed by atoms with Crippen LogP contribution in [0, 0.1) is 6.92 Å². The maximum absolute atomic E-state index is 9.24. The molecule has 2 aromatic rings. The molecule has 0 bridgehead atoms. The molecule has 0 spiro atoms. The van der Waals surface area contributed by atoms with Crippen LogP contribution in [0.5, 0.6) is 0 Å². The first-order chi connectivity index (χ1) is 8.78. The van der Waals surface area contributed by atoms with Crippen LogP contribution in [0.15, 0.2) is 18.2 Å². The van der Waals surface area contributed by atoms with Crippen LogP contribution in [-0.4, -0.2) is 10.1 Å². The van der Waals surface area contributed by atoms with E-state index in [1.54, 1.807) is 11.3 Å². The predicted molar refractivity (Wildman–Crippen MR) is 74.9 cm³/mol. The molecule has 0 saturated heterocycles. The lowest BCUT2D eigenvalue weighted by Gasteiger charge is -2.15. The summed E-state index contributed by atoms with van der Waals surface area (Å²) in [5, 5.41) is 10.3. The molecular weight excluding hydrogens is 242 g/mol. The van der Waals surface area contributed by atoms with Crippen molar-refractivity contribution in [1.82, 2.24) is 4.98 Å². The van der Waals surface area contributed by atoms with Crippen molar-refractivity contribution in [2.75, 3.05) is 0 Å². The van der Waals surface area contributed by atoms with Crippen molar-refractivity contribution >= 4 is 11.3 Å². The molecule has 1 aliphatic carbocycles. The van der Waals surface area contributed by atoms with E-state index in [4.69, 9.17) is 0 Å². The number of hydrogen-bond donors (Lipinski definition) is 1. The van der Waals surface area contributed by atoms with Gasteiger partial charge in [0, 0.05) is 5.56 Å². The average molecular weight is 259 g/mol. The summed E-state index contributed by atoms with van der Waals surface area (Å²) < 4.78 is 0. The van der Waals surface area contributed by atoms with Gasteiger partial charge in [0.1, 0.15) is 5.01 Å². The third-order valence-electron chi connectivity index (χ3n) is 3.63. The van der Waals surface area contributed by atoms with E-state index < -0.39 is 0 Å². The zero-order valence-corrected chi connectivity index (χ0v) is 11.4. The molecule has 18 heavy (non-hydrogen) atoms. The maximum Gasteiger partial charge on any atom is 0.123 e. The molecule has 0 atom stereocenters. The number of fused-ring (bicyclic) bond motifs is 1. The lowest BCUT2D eigenvalue weighted by molar-refractivity contribution is 0.284. The average Bonchev–Trinajstić information content (AvgIpc) is 2.79. The van der Waals surface area contributed by atoms with Crippen molar-refractivity contribution < 1.29 is 5.11 Å². The quantitative estimate of drug-likeness (QED) is 0.895. The van der Waals surface area contributed by atoms with Gasteiger partial charge in [0.05, 0.1) is 17.2 Å². The van der Waals surface area contributed by atoms with Crippen LogP contribution in [0.3, 0.4) is 0 Å². The van der Waals surface area contributed by atoms with E-state index in [2.05, 4.69) is 23.2 Å². The highest BCUT2D eigenvalue weighted by atomic mass is 32.1. The van der Waals surface area contributed by atoms with Gasteiger partial charge in [-0.05, 0) is 49.8 Å². The normalized spacial score (nSPS) is 14.6. The number of benzene rings is 1. The summed E-state index contributed by atoms with van der Waals surface area (Å²) in [7, 11) is 0. The Morgan fingerprint density at radius 3 is 2.72 bits per heavy atom. The molecule has 0 fully saturated rings. The van der Waals surface area contributed by atoms with Crippen LogP contribution in [-0.2, 0) is 19.4 Å². The molecule has 0 aliphatic heterocycles. The molecular formula is C15H17NOS. The Kier molecular flexibility index (Phi) is 3.18. The molecule has 3 rings (SSSR count). The molecule has 0 saturated carbocycles. The van der Waals surface area contributed by atoms with E-state index in [0.717, 1.165) is 15.6 Å². The molecule has 1 heterocycles. The van der Waals surface area contributed by atoms with Gasteiger partial charge >= 0.3 is 0 Å². The molecule has 3 heteroatoms. The molecule has 94 valence electrons. The fraction of sp³-hybridized carbons (Fsp3) is 0.400. The molecule has 0 amide bonds. The largest absolute Gasteiger partial charge is 0.391 e. The van der Waals surface area contributed by atoms with Crippen LogP contribution in [0.4, 0.5) is 0 Å². The summed E-state index contributed by atoms with van der Waals surface area (Å²) in [5.41, 5.74) is 5.14. The van der Waals surface area contributed by atoms with Gasteiger partial charge in [0.2, 0.25) is 0 Å². The second kappa shape index (κ2) is 4.82. The molecule has 1 aromatic heterocycles.